The molecule has 0 aromatic carbocycles. The third-order valence-electron chi connectivity index (χ3n) is 2.31. The quantitative estimate of drug-likeness (QED) is 0.580. The third kappa shape index (κ3) is 1.72. The molecule has 0 spiro atoms. The van der Waals surface area contributed by atoms with Crippen LogP contribution in [0.3, 0.4) is 0 Å². The lowest BCUT2D eigenvalue weighted by molar-refractivity contribution is -0.124. The van der Waals surface area contributed by atoms with E-state index in [-0.39, 0.29) is 30.3 Å². The van der Waals surface area contributed by atoms with Crippen LogP contribution in [0.15, 0.2) is 12.1 Å². The van der Waals surface area contributed by atoms with Crippen molar-refractivity contribution in [3.8, 4) is 17.8 Å². The molecule has 1 aromatic rings. The smallest absolute Gasteiger partial charge is 0.244 e. The summed E-state index contributed by atoms with van der Waals surface area (Å²) in [5.74, 6) is -0.625. The lowest BCUT2D eigenvalue weighted by Crippen LogP contribution is -2.27. The fourth-order valence-electron chi connectivity index (χ4n) is 1.35. The first-order chi connectivity index (χ1) is 7.63. The van der Waals surface area contributed by atoms with Gasteiger partial charge in [0.2, 0.25) is 17.7 Å². The molecule has 7 heteroatoms. The van der Waals surface area contributed by atoms with Crippen molar-refractivity contribution in [2.24, 2.45) is 0 Å². The Balaban J connectivity index is 1.89. The molecule has 1 aliphatic rings. The SMILES string of the molecule is N#CC1CN1C(=O)CNn1c(O)ccc1O. The Bertz CT molecular complexity index is 442. The highest BCUT2D eigenvalue weighted by molar-refractivity contribution is 5.82. The van der Waals surface area contributed by atoms with E-state index in [0.29, 0.717) is 6.54 Å². The van der Waals surface area contributed by atoms with E-state index < -0.39 is 0 Å². The fourth-order valence-corrected chi connectivity index (χ4v) is 1.35. The Morgan fingerprint density at radius 2 is 2.19 bits per heavy atom. The van der Waals surface area contributed by atoms with Crippen molar-refractivity contribution in [3.05, 3.63) is 12.1 Å². The average molecular weight is 222 g/mol. The molecular formula is C9H10N4O3. The first kappa shape index (κ1) is 10.2. The highest BCUT2D eigenvalue weighted by Gasteiger charge is 2.38. The average Bonchev–Trinajstić information content (AvgIpc) is 2.99. The van der Waals surface area contributed by atoms with E-state index in [1.54, 1.807) is 0 Å². The molecule has 16 heavy (non-hydrogen) atoms. The topological polar surface area (TPSA) is 101 Å². The fraction of sp³-hybridized carbons (Fsp3) is 0.333. The van der Waals surface area contributed by atoms with Crippen LogP contribution in [0.2, 0.25) is 0 Å². The summed E-state index contributed by atoms with van der Waals surface area (Å²) in [6.45, 7) is 0.356. The highest BCUT2D eigenvalue weighted by Crippen LogP contribution is 2.19. The molecule has 0 aliphatic carbocycles. The van der Waals surface area contributed by atoms with Crippen LogP contribution in [0.5, 0.6) is 11.8 Å². The number of amides is 1. The van der Waals surface area contributed by atoms with E-state index in [0.717, 1.165) is 4.68 Å². The Morgan fingerprint density at radius 3 is 2.69 bits per heavy atom. The summed E-state index contributed by atoms with van der Waals surface area (Å²) in [5.41, 5.74) is 2.54. The van der Waals surface area contributed by atoms with Gasteiger partial charge in [0, 0.05) is 12.1 Å². The molecule has 1 fully saturated rings. The number of rotatable bonds is 3. The Hall–Kier alpha value is -2.36. The van der Waals surface area contributed by atoms with Crippen molar-refractivity contribution in [3.63, 3.8) is 0 Å². The second kappa shape index (κ2) is 3.66. The van der Waals surface area contributed by atoms with Crippen molar-refractivity contribution in [1.82, 2.24) is 9.58 Å². The first-order valence-electron chi connectivity index (χ1n) is 4.66. The molecule has 1 unspecified atom stereocenters. The van der Waals surface area contributed by atoms with Crippen molar-refractivity contribution in [2.75, 3.05) is 18.5 Å². The van der Waals surface area contributed by atoms with Gasteiger partial charge >= 0.3 is 0 Å². The minimum absolute atomic E-state index is 0.0893. The molecule has 7 nitrogen and oxygen atoms in total. The van der Waals surface area contributed by atoms with Crippen LogP contribution in [0.1, 0.15) is 0 Å². The number of nitriles is 1. The minimum atomic E-state index is -0.332. The molecule has 2 rings (SSSR count). The summed E-state index contributed by atoms with van der Waals surface area (Å²) >= 11 is 0. The van der Waals surface area contributed by atoms with Crippen molar-refractivity contribution < 1.29 is 15.0 Å². The normalized spacial score (nSPS) is 17.9. The number of carbonyl (C=O) groups is 1. The molecule has 84 valence electrons. The third-order valence-corrected chi connectivity index (χ3v) is 2.31. The van der Waals surface area contributed by atoms with E-state index in [4.69, 9.17) is 5.26 Å². The summed E-state index contributed by atoms with van der Waals surface area (Å²) in [6, 6.07) is 4.21. The van der Waals surface area contributed by atoms with Gasteiger partial charge in [-0.3, -0.25) is 4.79 Å². The molecule has 0 radical (unpaired) electrons. The molecule has 2 heterocycles. The maximum Gasteiger partial charge on any atom is 0.244 e. The van der Waals surface area contributed by atoms with Gasteiger partial charge in [-0.2, -0.15) is 9.94 Å². The second-order valence-corrected chi connectivity index (χ2v) is 3.41. The number of nitrogens with one attached hydrogen (secondary N) is 1. The lowest BCUT2D eigenvalue weighted by atomic mass is 10.5. The summed E-state index contributed by atoms with van der Waals surface area (Å²) in [7, 11) is 0. The zero-order chi connectivity index (χ0) is 11.7. The largest absolute Gasteiger partial charge is 0.493 e. The number of nitrogens with zero attached hydrogens (tertiary/aromatic N) is 3. The predicted octanol–water partition coefficient (Wildman–Crippen LogP) is -0.823. The summed E-state index contributed by atoms with van der Waals surface area (Å²) in [6.07, 6.45) is 0. The van der Waals surface area contributed by atoms with Gasteiger partial charge in [-0.25, -0.2) is 0 Å². The van der Waals surface area contributed by atoms with Gasteiger partial charge in [-0.15, -0.1) is 0 Å². The van der Waals surface area contributed by atoms with Gasteiger partial charge in [0.1, 0.15) is 12.6 Å². The second-order valence-electron chi connectivity index (χ2n) is 3.41. The highest BCUT2D eigenvalue weighted by atomic mass is 16.3. The first-order valence-corrected chi connectivity index (χ1v) is 4.66. The van der Waals surface area contributed by atoms with Crippen LogP contribution in [-0.2, 0) is 4.79 Å². The van der Waals surface area contributed by atoms with Crippen LogP contribution < -0.4 is 5.43 Å². The molecule has 1 saturated heterocycles. The number of aromatic hydroxyl groups is 2. The summed E-state index contributed by atoms with van der Waals surface area (Å²) in [4.78, 5) is 12.8. The van der Waals surface area contributed by atoms with Crippen LogP contribution in [0.25, 0.3) is 0 Å². The van der Waals surface area contributed by atoms with E-state index in [1.165, 1.54) is 17.0 Å². The van der Waals surface area contributed by atoms with Gasteiger partial charge in [-0.05, 0) is 0 Å². The van der Waals surface area contributed by atoms with Gasteiger partial charge in [0.15, 0.2) is 0 Å². The Kier molecular flexibility index (Phi) is 2.32. The predicted molar refractivity (Wildman–Crippen MR) is 53.1 cm³/mol. The maximum atomic E-state index is 11.4. The molecular weight excluding hydrogens is 212 g/mol. The summed E-state index contributed by atoms with van der Waals surface area (Å²) in [5, 5.41) is 27.0. The van der Waals surface area contributed by atoms with Gasteiger partial charge < -0.3 is 20.5 Å². The van der Waals surface area contributed by atoms with Crippen LogP contribution in [0.4, 0.5) is 0 Å². The number of hydrogen-bond acceptors (Lipinski definition) is 5. The Morgan fingerprint density at radius 1 is 1.56 bits per heavy atom. The molecule has 3 N–H and O–H groups in total. The van der Waals surface area contributed by atoms with E-state index in [1.807, 2.05) is 6.07 Å². The van der Waals surface area contributed by atoms with Crippen molar-refractivity contribution >= 4 is 5.91 Å². The van der Waals surface area contributed by atoms with E-state index >= 15 is 0 Å². The minimum Gasteiger partial charge on any atom is -0.493 e. The van der Waals surface area contributed by atoms with E-state index in [9.17, 15) is 15.0 Å². The standard InChI is InChI=1S/C9H10N4O3/c10-3-6-5-12(6)9(16)4-11-13-7(14)1-2-8(13)15/h1-2,6,11,14-15H,4-5H2. The molecule has 1 aromatic heterocycles. The monoisotopic (exact) mass is 222 g/mol. The lowest BCUT2D eigenvalue weighted by Gasteiger charge is -2.09. The van der Waals surface area contributed by atoms with Crippen LogP contribution in [0, 0.1) is 11.3 Å². The Labute approximate surface area is 91.1 Å². The van der Waals surface area contributed by atoms with Gasteiger partial charge in [-0.1, -0.05) is 0 Å². The molecule has 1 atom stereocenters. The van der Waals surface area contributed by atoms with Crippen molar-refractivity contribution in [1.29, 1.82) is 5.26 Å². The zero-order valence-corrected chi connectivity index (χ0v) is 8.29. The molecule has 0 bridgehead atoms. The number of aromatic nitrogens is 1. The van der Waals surface area contributed by atoms with Gasteiger partial charge in [0.05, 0.1) is 12.6 Å². The summed E-state index contributed by atoms with van der Waals surface area (Å²) < 4.78 is 0.989. The molecule has 0 saturated carbocycles. The zero-order valence-electron chi connectivity index (χ0n) is 8.29. The number of hydrogen-bond donors (Lipinski definition) is 3. The molecule has 1 aliphatic heterocycles. The maximum absolute atomic E-state index is 11.4. The van der Waals surface area contributed by atoms with Gasteiger partial charge in [0.25, 0.3) is 0 Å². The van der Waals surface area contributed by atoms with Crippen molar-refractivity contribution in [2.45, 2.75) is 6.04 Å². The van der Waals surface area contributed by atoms with Crippen LogP contribution >= 0.6 is 0 Å². The van der Waals surface area contributed by atoms with E-state index in [2.05, 4.69) is 5.43 Å². The molecule has 1 amide bonds. The number of carbonyl (C=O) groups excluding carboxylic acids is 1. The van der Waals surface area contributed by atoms with Crippen LogP contribution in [-0.4, -0.2) is 44.8 Å².